The van der Waals surface area contributed by atoms with E-state index in [1.54, 1.807) is 13.2 Å². The van der Waals surface area contributed by atoms with Crippen molar-refractivity contribution in [2.75, 3.05) is 12.9 Å². The minimum absolute atomic E-state index is 0.226. The van der Waals surface area contributed by atoms with Gasteiger partial charge in [-0.3, -0.25) is 0 Å². The Kier molecular flexibility index (Phi) is 5.72. The summed E-state index contributed by atoms with van der Waals surface area (Å²) in [4.78, 5) is -0.739. The fraction of sp³-hybridized carbons (Fsp3) is 0.455. The van der Waals surface area contributed by atoms with Gasteiger partial charge in [-0.2, -0.15) is 11.8 Å². The summed E-state index contributed by atoms with van der Waals surface area (Å²) < 4.78 is 52.6. The Bertz CT molecular complexity index is 533. The van der Waals surface area contributed by atoms with Crippen molar-refractivity contribution >= 4 is 21.8 Å². The summed E-state index contributed by atoms with van der Waals surface area (Å²) in [7, 11) is -4.17. The summed E-state index contributed by atoms with van der Waals surface area (Å²) in [6.45, 7) is 1.32. The molecule has 1 aromatic rings. The van der Waals surface area contributed by atoms with Gasteiger partial charge in [0.2, 0.25) is 10.0 Å². The number of benzene rings is 1. The average molecular weight is 311 g/mol. The lowest BCUT2D eigenvalue weighted by molar-refractivity contribution is 0.282. The second kappa shape index (κ2) is 6.65. The number of hydrogen-bond acceptors (Lipinski definition) is 4. The average Bonchev–Trinajstić information content (AvgIpc) is 2.33. The van der Waals surface area contributed by atoms with Crippen LogP contribution in [0.3, 0.4) is 0 Å². The molecular formula is C11H15F2NO3S2. The highest BCUT2D eigenvalue weighted by molar-refractivity contribution is 7.99. The lowest BCUT2D eigenvalue weighted by atomic mass is 10.3. The van der Waals surface area contributed by atoms with Gasteiger partial charge in [0, 0.05) is 11.3 Å². The molecule has 0 amide bonds. The van der Waals surface area contributed by atoms with Crippen molar-refractivity contribution in [1.82, 2.24) is 4.72 Å². The van der Waals surface area contributed by atoms with Crippen LogP contribution in [0.5, 0.6) is 0 Å². The molecule has 0 saturated heterocycles. The van der Waals surface area contributed by atoms with Crippen molar-refractivity contribution in [2.45, 2.75) is 23.1 Å². The van der Waals surface area contributed by atoms with E-state index in [4.69, 9.17) is 5.11 Å². The Hall–Kier alpha value is -0.700. The molecule has 2 N–H and O–H groups in total. The third kappa shape index (κ3) is 4.13. The number of thioether (sulfide) groups is 1. The molecule has 0 bridgehead atoms. The van der Waals surface area contributed by atoms with Crippen LogP contribution < -0.4 is 4.72 Å². The second-order valence-electron chi connectivity index (χ2n) is 3.94. The quantitative estimate of drug-likeness (QED) is 0.832. The van der Waals surface area contributed by atoms with Gasteiger partial charge in [-0.1, -0.05) is 0 Å². The highest BCUT2D eigenvalue weighted by atomic mass is 32.2. The van der Waals surface area contributed by atoms with E-state index >= 15 is 0 Å². The van der Waals surface area contributed by atoms with Crippen molar-refractivity contribution in [2.24, 2.45) is 0 Å². The van der Waals surface area contributed by atoms with Gasteiger partial charge in [0.1, 0.15) is 16.5 Å². The smallest absolute Gasteiger partial charge is 0.243 e. The van der Waals surface area contributed by atoms with Crippen LogP contribution in [0.25, 0.3) is 0 Å². The molecule has 1 aromatic carbocycles. The molecule has 0 aliphatic carbocycles. The Labute approximate surface area is 115 Å². The van der Waals surface area contributed by atoms with Crippen molar-refractivity contribution in [3.05, 3.63) is 29.8 Å². The van der Waals surface area contributed by atoms with Crippen LogP contribution in [0, 0.1) is 11.6 Å². The minimum Gasteiger partial charge on any atom is -0.395 e. The number of sulfonamides is 1. The largest absolute Gasteiger partial charge is 0.395 e. The number of aliphatic hydroxyl groups excluding tert-OH is 1. The summed E-state index contributed by atoms with van der Waals surface area (Å²) in [6, 6.07) is 1.60. The zero-order chi connectivity index (χ0) is 14.6. The van der Waals surface area contributed by atoms with Crippen LogP contribution >= 0.6 is 11.8 Å². The summed E-state index contributed by atoms with van der Waals surface area (Å²) >= 11 is 1.28. The van der Waals surface area contributed by atoms with Crippen LogP contribution in [0.2, 0.25) is 0 Å². The number of halogens is 2. The van der Waals surface area contributed by atoms with Gasteiger partial charge in [-0.05, 0) is 31.4 Å². The van der Waals surface area contributed by atoms with E-state index < -0.39 is 32.6 Å². The van der Waals surface area contributed by atoms with Gasteiger partial charge >= 0.3 is 0 Å². The summed E-state index contributed by atoms with van der Waals surface area (Å²) in [5, 5.41) is 8.70. The first kappa shape index (κ1) is 16.4. The maximum atomic E-state index is 13.4. The van der Waals surface area contributed by atoms with Crippen molar-refractivity contribution in [3.8, 4) is 0 Å². The van der Waals surface area contributed by atoms with Crippen LogP contribution in [-0.2, 0) is 10.0 Å². The van der Waals surface area contributed by atoms with Gasteiger partial charge < -0.3 is 5.11 Å². The molecule has 108 valence electrons. The first-order valence-electron chi connectivity index (χ1n) is 5.43. The first-order chi connectivity index (χ1) is 8.81. The lowest BCUT2D eigenvalue weighted by Crippen LogP contribution is -2.41. The first-order valence-corrected chi connectivity index (χ1v) is 8.20. The number of rotatable bonds is 6. The zero-order valence-corrected chi connectivity index (χ0v) is 12.1. The molecule has 2 atom stereocenters. The van der Waals surface area contributed by atoms with E-state index in [9.17, 15) is 17.2 Å². The molecule has 8 heteroatoms. The molecule has 4 nitrogen and oxygen atoms in total. The zero-order valence-electron chi connectivity index (χ0n) is 10.4. The van der Waals surface area contributed by atoms with Crippen molar-refractivity contribution in [1.29, 1.82) is 0 Å². The summed E-state index contributed by atoms with van der Waals surface area (Å²) in [6.07, 6.45) is 1.72. The van der Waals surface area contributed by atoms with Gasteiger partial charge in [-0.15, -0.1) is 0 Å². The summed E-state index contributed by atoms with van der Waals surface area (Å²) in [5.41, 5.74) is 0. The molecule has 0 heterocycles. The van der Waals surface area contributed by atoms with Crippen LogP contribution in [0.4, 0.5) is 8.78 Å². The lowest BCUT2D eigenvalue weighted by Gasteiger charge is -2.21. The Balaban J connectivity index is 3.01. The Morgan fingerprint density at radius 2 is 2.05 bits per heavy atom. The van der Waals surface area contributed by atoms with Gasteiger partial charge in [0.15, 0.2) is 0 Å². The highest BCUT2D eigenvalue weighted by Crippen LogP contribution is 2.18. The second-order valence-corrected chi connectivity index (χ2v) is 6.70. The molecular weight excluding hydrogens is 296 g/mol. The van der Waals surface area contributed by atoms with E-state index in [-0.39, 0.29) is 11.9 Å². The fourth-order valence-electron chi connectivity index (χ4n) is 1.50. The summed E-state index contributed by atoms with van der Waals surface area (Å²) in [5.74, 6) is -1.86. The molecule has 19 heavy (non-hydrogen) atoms. The molecule has 0 spiro atoms. The minimum atomic E-state index is -4.17. The third-order valence-electron chi connectivity index (χ3n) is 2.56. The molecule has 0 aliphatic rings. The monoisotopic (exact) mass is 311 g/mol. The maximum Gasteiger partial charge on any atom is 0.243 e. The van der Waals surface area contributed by atoms with Crippen LogP contribution in [-0.4, -0.2) is 37.7 Å². The van der Waals surface area contributed by atoms with Gasteiger partial charge in [-0.25, -0.2) is 21.9 Å². The standard InChI is InChI=1S/C11H15F2NO3S2/c1-7(10(6-15)18-2)14-19(16,17)11-5-8(12)3-4-9(11)13/h3-5,7,10,14-15H,6H2,1-2H3. The number of hydrogen-bond donors (Lipinski definition) is 2. The van der Waals surface area contributed by atoms with E-state index in [2.05, 4.69) is 4.72 Å². The predicted octanol–water partition coefficient (Wildman–Crippen LogP) is 1.36. The van der Waals surface area contributed by atoms with Gasteiger partial charge in [0.25, 0.3) is 0 Å². The van der Waals surface area contributed by atoms with Gasteiger partial charge in [0.05, 0.1) is 6.61 Å². The van der Waals surface area contributed by atoms with Crippen LogP contribution in [0.1, 0.15) is 6.92 Å². The van der Waals surface area contributed by atoms with E-state index in [1.807, 2.05) is 0 Å². The SMILES string of the molecule is CSC(CO)C(C)NS(=O)(=O)c1cc(F)ccc1F. The number of nitrogens with one attached hydrogen (secondary N) is 1. The molecule has 2 unspecified atom stereocenters. The van der Waals surface area contributed by atoms with E-state index in [0.717, 1.165) is 12.1 Å². The molecule has 0 aromatic heterocycles. The molecule has 0 saturated carbocycles. The highest BCUT2D eigenvalue weighted by Gasteiger charge is 2.25. The molecule has 0 aliphatic heterocycles. The Morgan fingerprint density at radius 3 is 2.58 bits per heavy atom. The fourth-order valence-corrected chi connectivity index (χ4v) is 3.59. The third-order valence-corrected chi connectivity index (χ3v) is 5.30. The van der Waals surface area contributed by atoms with Crippen molar-refractivity contribution < 1.29 is 22.3 Å². The topological polar surface area (TPSA) is 66.4 Å². The van der Waals surface area contributed by atoms with E-state index in [1.165, 1.54) is 11.8 Å². The number of aliphatic hydroxyl groups is 1. The van der Waals surface area contributed by atoms with Crippen molar-refractivity contribution in [3.63, 3.8) is 0 Å². The predicted molar refractivity (Wildman–Crippen MR) is 70.5 cm³/mol. The normalized spacial score (nSPS) is 15.2. The van der Waals surface area contributed by atoms with Crippen LogP contribution in [0.15, 0.2) is 23.1 Å². The Morgan fingerprint density at radius 1 is 1.42 bits per heavy atom. The molecule has 0 fully saturated rings. The van der Waals surface area contributed by atoms with E-state index in [0.29, 0.717) is 6.07 Å². The maximum absolute atomic E-state index is 13.4. The molecule has 1 rings (SSSR count). The molecule has 0 radical (unpaired) electrons.